The van der Waals surface area contributed by atoms with Gasteiger partial charge in [-0.1, -0.05) is 0 Å². The third-order valence-corrected chi connectivity index (χ3v) is 2.66. The lowest BCUT2D eigenvalue weighted by molar-refractivity contribution is -0.112. The maximum atomic E-state index is 12.1. The van der Waals surface area contributed by atoms with Gasteiger partial charge in [0.1, 0.15) is 11.6 Å². The molecule has 0 aliphatic heterocycles. The first-order valence-corrected chi connectivity index (χ1v) is 6.72. The Morgan fingerprint density at radius 1 is 1.23 bits per heavy atom. The van der Waals surface area contributed by atoms with Gasteiger partial charge in [-0.2, -0.15) is 5.26 Å². The molecule has 6 heteroatoms. The Bertz CT molecular complexity index is 610. The van der Waals surface area contributed by atoms with Crippen LogP contribution in [0.1, 0.15) is 20.8 Å². The zero-order valence-electron chi connectivity index (χ0n) is 13.5. The fraction of sp³-hybridized carbons (Fsp3) is 0.375. The van der Waals surface area contributed by atoms with Crippen LogP contribution in [0.2, 0.25) is 0 Å². The number of ether oxygens (including phenoxy) is 2. The van der Waals surface area contributed by atoms with Crippen LogP contribution in [0.5, 0.6) is 11.5 Å². The number of nitrogens with zero attached hydrogens (tertiary/aromatic N) is 1. The summed E-state index contributed by atoms with van der Waals surface area (Å²) in [6.45, 7) is 5.81. The summed E-state index contributed by atoms with van der Waals surface area (Å²) in [6, 6.07) is 6.85. The number of nitriles is 1. The smallest absolute Gasteiger partial charge is 0.267 e. The molecule has 118 valence electrons. The molecular formula is C16H21N3O3. The van der Waals surface area contributed by atoms with Crippen LogP contribution in [0.3, 0.4) is 0 Å². The van der Waals surface area contributed by atoms with Gasteiger partial charge in [0.2, 0.25) is 0 Å². The minimum Gasteiger partial charge on any atom is -0.493 e. The van der Waals surface area contributed by atoms with Crippen molar-refractivity contribution in [2.75, 3.05) is 19.5 Å². The van der Waals surface area contributed by atoms with Crippen LogP contribution in [-0.4, -0.2) is 25.7 Å². The molecule has 2 N–H and O–H groups in total. The summed E-state index contributed by atoms with van der Waals surface area (Å²) < 4.78 is 10.3. The summed E-state index contributed by atoms with van der Waals surface area (Å²) in [7, 11) is 3.04. The van der Waals surface area contributed by atoms with Gasteiger partial charge in [-0.25, -0.2) is 0 Å². The first kappa shape index (κ1) is 17.4. The Morgan fingerprint density at radius 3 is 2.36 bits per heavy atom. The van der Waals surface area contributed by atoms with Gasteiger partial charge in [-0.3, -0.25) is 4.79 Å². The second kappa shape index (κ2) is 7.36. The summed E-state index contributed by atoms with van der Waals surface area (Å²) in [4.78, 5) is 12.1. The van der Waals surface area contributed by atoms with Crippen molar-refractivity contribution in [3.63, 3.8) is 0 Å². The van der Waals surface area contributed by atoms with Crippen molar-refractivity contribution in [3.8, 4) is 17.6 Å². The fourth-order valence-electron chi connectivity index (χ4n) is 1.55. The van der Waals surface area contributed by atoms with Gasteiger partial charge in [0.25, 0.3) is 5.91 Å². The molecule has 0 saturated heterocycles. The number of hydrogen-bond donors (Lipinski definition) is 2. The highest BCUT2D eigenvalue weighted by molar-refractivity contribution is 6.06. The molecule has 0 spiro atoms. The van der Waals surface area contributed by atoms with Gasteiger partial charge in [0.05, 0.1) is 14.2 Å². The van der Waals surface area contributed by atoms with Crippen molar-refractivity contribution in [1.82, 2.24) is 5.32 Å². The van der Waals surface area contributed by atoms with Crippen molar-refractivity contribution in [2.24, 2.45) is 0 Å². The first-order valence-electron chi connectivity index (χ1n) is 6.72. The third-order valence-electron chi connectivity index (χ3n) is 2.66. The molecule has 22 heavy (non-hydrogen) atoms. The molecule has 0 bridgehead atoms. The number of nitrogens with one attached hydrogen (secondary N) is 2. The first-order chi connectivity index (χ1) is 10.3. The van der Waals surface area contributed by atoms with Crippen LogP contribution >= 0.6 is 0 Å². The quantitative estimate of drug-likeness (QED) is 0.645. The van der Waals surface area contributed by atoms with Crippen molar-refractivity contribution >= 4 is 11.6 Å². The SMILES string of the molecule is COc1ccc(NC(=O)/C(C#N)=C\NC(C)(C)C)cc1OC. The van der Waals surface area contributed by atoms with E-state index < -0.39 is 5.91 Å². The van der Waals surface area contributed by atoms with Crippen LogP contribution < -0.4 is 20.1 Å². The molecule has 0 heterocycles. The Kier molecular flexibility index (Phi) is 5.81. The van der Waals surface area contributed by atoms with E-state index in [1.165, 1.54) is 20.4 Å². The van der Waals surface area contributed by atoms with Crippen molar-refractivity contribution in [2.45, 2.75) is 26.3 Å². The summed E-state index contributed by atoms with van der Waals surface area (Å²) in [5.41, 5.74) is 0.274. The number of anilines is 1. The van der Waals surface area contributed by atoms with Gasteiger partial charge in [-0.15, -0.1) is 0 Å². The topological polar surface area (TPSA) is 83.4 Å². The van der Waals surface area contributed by atoms with E-state index >= 15 is 0 Å². The Hall–Kier alpha value is -2.68. The number of benzene rings is 1. The van der Waals surface area contributed by atoms with E-state index in [0.717, 1.165) is 0 Å². The molecule has 0 unspecified atom stereocenters. The largest absolute Gasteiger partial charge is 0.493 e. The predicted molar refractivity (Wildman–Crippen MR) is 84.8 cm³/mol. The molecule has 0 aliphatic rings. The van der Waals surface area contributed by atoms with Gasteiger partial charge >= 0.3 is 0 Å². The van der Waals surface area contributed by atoms with E-state index in [1.54, 1.807) is 18.2 Å². The number of carbonyl (C=O) groups is 1. The highest BCUT2D eigenvalue weighted by Gasteiger charge is 2.13. The van der Waals surface area contributed by atoms with Gasteiger partial charge < -0.3 is 20.1 Å². The van der Waals surface area contributed by atoms with E-state index in [1.807, 2.05) is 26.8 Å². The van der Waals surface area contributed by atoms with E-state index in [9.17, 15) is 4.79 Å². The Balaban J connectivity index is 2.89. The molecule has 0 radical (unpaired) electrons. The number of methoxy groups -OCH3 is 2. The van der Waals surface area contributed by atoms with Gasteiger partial charge in [0, 0.05) is 23.5 Å². The lowest BCUT2D eigenvalue weighted by atomic mass is 10.1. The predicted octanol–water partition coefficient (Wildman–Crippen LogP) is 2.44. The van der Waals surface area contributed by atoms with Crippen LogP contribution in [-0.2, 0) is 4.79 Å². The monoisotopic (exact) mass is 303 g/mol. The standard InChI is InChI=1S/C16H21N3O3/c1-16(2,3)18-10-11(9-17)15(20)19-12-6-7-13(21-4)14(8-12)22-5/h6-8,10,18H,1-5H3,(H,19,20)/b11-10-. The van der Waals surface area contributed by atoms with E-state index in [0.29, 0.717) is 17.2 Å². The highest BCUT2D eigenvalue weighted by Crippen LogP contribution is 2.29. The zero-order chi connectivity index (χ0) is 16.8. The van der Waals surface area contributed by atoms with Crippen LogP contribution in [0, 0.1) is 11.3 Å². The van der Waals surface area contributed by atoms with Gasteiger partial charge in [-0.05, 0) is 32.9 Å². The Labute approximate surface area is 130 Å². The maximum absolute atomic E-state index is 12.1. The number of rotatable bonds is 5. The summed E-state index contributed by atoms with van der Waals surface area (Å²) in [5.74, 6) is 0.563. The van der Waals surface area contributed by atoms with Crippen LogP contribution in [0.25, 0.3) is 0 Å². The van der Waals surface area contributed by atoms with E-state index in [-0.39, 0.29) is 11.1 Å². The molecule has 0 aliphatic carbocycles. The summed E-state index contributed by atoms with van der Waals surface area (Å²) >= 11 is 0. The molecule has 6 nitrogen and oxygen atoms in total. The van der Waals surface area contributed by atoms with E-state index in [4.69, 9.17) is 14.7 Å². The van der Waals surface area contributed by atoms with Crippen molar-refractivity contribution < 1.29 is 14.3 Å². The lowest BCUT2D eigenvalue weighted by Gasteiger charge is -2.18. The molecule has 1 amide bonds. The number of carbonyl (C=O) groups excluding carboxylic acids is 1. The average molecular weight is 303 g/mol. The van der Waals surface area contributed by atoms with E-state index in [2.05, 4.69) is 10.6 Å². The molecule has 1 rings (SSSR count). The zero-order valence-corrected chi connectivity index (χ0v) is 13.5. The van der Waals surface area contributed by atoms with Crippen molar-refractivity contribution in [3.05, 3.63) is 30.0 Å². The van der Waals surface area contributed by atoms with Crippen LogP contribution in [0.15, 0.2) is 30.0 Å². The lowest BCUT2D eigenvalue weighted by Crippen LogP contribution is -2.32. The fourth-order valence-corrected chi connectivity index (χ4v) is 1.55. The molecule has 0 atom stereocenters. The molecule has 0 aromatic heterocycles. The second-order valence-corrected chi connectivity index (χ2v) is 5.59. The molecular weight excluding hydrogens is 282 g/mol. The number of hydrogen-bond acceptors (Lipinski definition) is 5. The summed E-state index contributed by atoms with van der Waals surface area (Å²) in [6.07, 6.45) is 1.41. The van der Waals surface area contributed by atoms with Crippen LogP contribution in [0.4, 0.5) is 5.69 Å². The Morgan fingerprint density at radius 2 is 1.86 bits per heavy atom. The highest BCUT2D eigenvalue weighted by atomic mass is 16.5. The minimum absolute atomic E-state index is 0.00953. The van der Waals surface area contributed by atoms with Gasteiger partial charge in [0.15, 0.2) is 11.5 Å². The average Bonchev–Trinajstić information content (AvgIpc) is 2.46. The molecule has 0 fully saturated rings. The molecule has 1 aromatic rings. The second-order valence-electron chi connectivity index (χ2n) is 5.59. The molecule has 1 aromatic carbocycles. The maximum Gasteiger partial charge on any atom is 0.267 e. The normalized spacial score (nSPS) is 11.4. The molecule has 0 saturated carbocycles. The summed E-state index contributed by atoms with van der Waals surface area (Å²) in [5, 5.41) is 14.7. The van der Waals surface area contributed by atoms with Crippen molar-refractivity contribution in [1.29, 1.82) is 5.26 Å². The number of amides is 1. The minimum atomic E-state index is -0.494. The third kappa shape index (κ3) is 5.02.